The third-order valence-electron chi connectivity index (χ3n) is 5.04. The molecule has 1 saturated carbocycles. The molecule has 1 amide bonds. The van der Waals surface area contributed by atoms with Crippen molar-refractivity contribution in [3.05, 3.63) is 17.2 Å². The van der Waals surface area contributed by atoms with Gasteiger partial charge in [0.1, 0.15) is 12.4 Å². The number of nitrogens with zero attached hydrogens (tertiary/aromatic N) is 2. The summed E-state index contributed by atoms with van der Waals surface area (Å²) in [4.78, 5) is 16.9. The van der Waals surface area contributed by atoms with E-state index in [9.17, 15) is 4.79 Å². The fraction of sp³-hybridized carbons (Fsp3) is 0.765. The van der Waals surface area contributed by atoms with Crippen LogP contribution in [0.15, 0.2) is 0 Å². The number of hydrogen-bond acceptors (Lipinski definition) is 2. The van der Waals surface area contributed by atoms with Gasteiger partial charge in [0.2, 0.25) is 5.91 Å². The van der Waals surface area contributed by atoms with Crippen LogP contribution in [0.4, 0.5) is 0 Å². The molecule has 1 aromatic rings. The highest BCUT2D eigenvalue weighted by Crippen LogP contribution is 2.23. The molecule has 1 fully saturated rings. The van der Waals surface area contributed by atoms with Gasteiger partial charge in [-0.3, -0.25) is 4.79 Å². The Morgan fingerprint density at radius 3 is 2.76 bits per heavy atom. The molecule has 0 atom stereocenters. The number of carbonyl (C=O) groups excluding carboxylic acids is 1. The number of fused-ring (bicyclic) bond motifs is 1. The normalized spacial score (nSPS) is 19.3. The van der Waals surface area contributed by atoms with Crippen LogP contribution in [0.2, 0.25) is 0 Å². The molecule has 2 aliphatic carbocycles. The van der Waals surface area contributed by atoms with Crippen LogP contribution >= 0.6 is 0 Å². The number of amides is 1. The molecule has 4 heteroatoms. The molecule has 1 aromatic heterocycles. The van der Waals surface area contributed by atoms with E-state index in [2.05, 4.69) is 14.9 Å². The van der Waals surface area contributed by atoms with Crippen LogP contribution in [0.3, 0.4) is 0 Å². The van der Waals surface area contributed by atoms with E-state index in [4.69, 9.17) is 0 Å². The van der Waals surface area contributed by atoms with E-state index in [1.165, 1.54) is 56.3 Å². The van der Waals surface area contributed by atoms with E-state index >= 15 is 0 Å². The minimum Gasteiger partial charge on any atom is -0.354 e. The monoisotopic (exact) mass is 289 g/mol. The van der Waals surface area contributed by atoms with Crippen LogP contribution < -0.4 is 5.32 Å². The van der Waals surface area contributed by atoms with Gasteiger partial charge in [-0.2, -0.15) is 0 Å². The lowest BCUT2D eigenvalue weighted by molar-refractivity contribution is -0.122. The minimum atomic E-state index is 0.148. The van der Waals surface area contributed by atoms with Gasteiger partial charge in [-0.15, -0.1) is 0 Å². The van der Waals surface area contributed by atoms with Crippen molar-refractivity contribution in [2.24, 2.45) is 5.92 Å². The van der Waals surface area contributed by atoms with Crippen molar-refractivity contribution in [2.45, 2.75) is 71.3 Å². The van der Waals surface area contributed by atoms with Crippen molar-refractivity contribution in [1.82, 2.24) is 14.9 Å². The molecule has 2 aliphatic rings. The Morgan fingerprint density at radius 1 is 1.19 bits per heavy atom. The lowest BCUT2D eigenvalue weighted by Crippen LogP contribution is -2.33. The molecule has 1 heterocycles. The molecular weight excluding hydrogens is 262 g/mol. The van der Waals surface area contributed by atoms with Gasteiger partial charge in [0, 0.05) is 12.2 Å². The number of imidazole rings is 1. The predicted octanol–water partition coefficient (Wildman–Crippen LogP) is 2.77. The maximum Gasteiger partial charge on any atom is 0.240 e. The first-order chi connectivity index (χ1) is 10.2. The Hall–Kier alpha value is -1.32. The third-order valence-corrected chi connectivity index (χ3v) is 5.04. The van der Waals surface area contributed by atoms with Crippen LogP contribution in [-0.2, 0) is 24.2 Å². The van der Waals surface area contributed by atoms with Gasteiger partial charge in [-0.05, 0) is 51.4 Å². The summed E-state index contributed by atoms with van der Waals surface area (Å²) >= 11 is 0. The average Bonchev–Trinajstić information content (AvgIpc) is 2.82. The summed E-state index contributed by atoms with van der Waals surface area (Å²) < 4.78 is 2.13. The summed E-state index contributed by atoms with van der Waals surface area (Å²) in [7, 11) is 0. The zero-order chi connectivity index (χ0) is 14.7. The van der Waals surface area contributed by atoms with Crippen LogP contribution in [-0.4, -0.2) is 22.0 Å². The summed E-state index contributed by atoms with van der Waals surface area (Å²) in [5.41, 5.74) is 2.52. The first-order valence-corrected chi connectivity index (χ1v) is 8.55. The molecule has 116 valence electrons. The number of hydrogen-bond donors (Lipinski definition) is 1. The summed E-state index contributed by atoms with van der Waals surface area (Å²) in [5.74, 6) is 1.84. The van der Waals surface area contributed by atoms with Gasteiger partial charge < -0.3 is 9.88 Å². The zero-order valence-electron chi connectivity index (χ0n) is 13.2. The molecule has 21 heavy (non-hydrogen) atoms. The maximum atomic E-state index is 12.2. The van der Waals surface area contributed by atoms with Gasteiger partial charge in [0.15, 0.2) is 0 Å². The van der Waals surface area contributed by atoms with Crippen molar-refractivity contribution in [3.63, 3.8) is 0 Å². The highest BCUT2D eigenvalue weighted by Gasteiger charge is 2.20. The van der Waals surface area contributed by atoms with E-state index in [1.807, 2.05) is 6.92 Å². The maximum absolute atomic E-state index is 12.2. The van der Waals surface area contributed by atoms with Crippen molar-refractivity contribution in [3.8, 4) is 0 Å². The molecule has 0 saturated heterocycles. The van der Waals surface area contributed by atoms with E-state index < -0.39 is 0 Å². The summed E-state index contributed by atoms with van der Waals surface area (Å²) in [6, 6.07) is 0. The topological polar surface area (TPSA) is 46.9 Å². The molecule has 0 aliphatic heterocycles. The SMILES string of the molecule is Cc1nc2c(n1CC(=O)NCC1CCCCC1)CCCC2. The van der Waals surface area contributed by atoms with E-state index in [0.717, 1.165) is 25.2 Å². The summed E-state index contributed by atoms with van der Waals surface area (Å²) in [5, 5.41) is 3.14. The molecule has 0 aromatic carbocycles. The predicted molar refractivity (Wildman–Crippen MR) is 83.2 cm³/mol. The van der Waals surface area contributed by atoms with Crippen LogP contribution in [0.1, 0.15) is 62.2 Å². The van der Waals surface area contributed by atoms with Crippen molar-refractivity contribution < 1.29 is 4.79 Å². The highest BCUT2D eigenvalue weighted by atomic mass is 16.1. The second kappa shape index (κ2) is 6.63. The van der Waals surface area contributed by atoms with Gasteiger partial charge in [0.25, 0.3) is 0 Å². The third kappa shape index (κ3) is 3.47. The number of nitrogens with one attached hydrogen (secondary N) is 1. The van der Waals surface area contributed by atoms with Gasteiger partial charge in [0.05, 0.1) is 5.69 Å². The average molecular weight is 289 g/mol. The fourth-order valence-corrected chi connectivity index (χ4v) is 3.79. The lowest BCUT2D eigenvalue weighted by atomic mass is 9.89. The largest absolute Gasteiger partial charge is 0.354 e. The van der Waals surface area contributed by atoms with E-state index in [-0.39, 0.29) is 5.91 Å². The molecule has 0 unspecified atom stereocenters. The van der Waals surface area contributed by atoms with Gasteiger partial charge >= 0.3 is 0 Å². The van der Waals surface area contributed by atoms with Crippen molar-refractivity contribution in [1.29, 1.82) is 0 Å². The molecule has 1 N–H and O–H groups in total. The highest BCUT2D eigenvalue weighted by molar-refractivity contribution is 5.75. The van der Waals surface area contributed by atoms with Gasteiger partial charge in [-0.25, -0.2) is 4.98 Å². The molecule has 0 radical (unpaired) electrons. The second-order valence-electron chi connectivity index (χ2n) is 6.65. The molecule has 0 spiro atoms. The number of carbonyl (C=O) groups is 1. The molecule has 4 nitrogen and oxygen atoms in total. The first kappa shape index (κ1) is 14.6. The Morgan fingerprint density at radius 2 is 1.95 bits per heavy atom. The summed E-state index contributed by atoms with van der Waals surface area (Å²) in [6.07, 6.45) is 11.2. The molecular formula is C17H27N3O. The molecule has 0 bridgehead atoms. The lowest BCUT2D eigenvalue weighted by Gasteiger charge is -2.22. The first-order valence-electron chi connectivity index (χ1n) is 8.55. The number of aryl methyl sites for hydroxylation is 2. The quantitative estimate of drug-likeness (QED) is 0.926. The second-order valence-corrected chi connectivity index (χ2v) is 6.65. The van der Waals surface area contributed by atoms with E-state index in [1.54, 1.807) is 0 Å². The standard InChI is InChI=1S/C17H27N3O/c1-13-19-15-9-5-6-10-16(15)20(13)12-17(21)18-11-14-7-3-2-4-8-14/h14H,2-12H2,1H3,(H,18,21). The Balaban J connectivity index is 1.56. The van der Waals surface area contributed by atoms with E-state index in [0.29, 0.717) is 12.5 Å². The van der Waals surface area contributed by atoms with Crippen LogP contribution in [0, 0.1) is 12.8 Å². The Labute approximate surface area is 127 Å². The van der Waals surface area contributed by atoms with Gasteiger partial charge in [-0.1, -0.05) is 19.3 Å². The minimum absolute atomic E-state index is 0.148. The number of aromatic nitrogens is 2. The Kier molecular flexibility index (Phi) is 4.61. The zero-order valence-corrected chi connectivity index (χ0v) is 13.2. The Bertz CT molecular complexity index is 500. The van der Waals surface area contributed by atoms with Crippen LogP contribution in [0.5, 0.6) is 0 Å². The van der Waals surface area contributed by atoms with Crippen molar-refractivity contribution >= 4 is 5.91 Å². The molecule has 3 rings (SSSR count). The van der Waals surface area contributed by atoms with Crippen molar-refractivity contribution in [2.75, 3.05) is 6.54 Å². The summed E-state index contributed by atoms with van der Waals surface area (Å²) in [6.45, 7) is 3.32. The fourth-order valence-electron chi connectivity index (χ4n) is 3.79. The smallest absolute Gasteiger partial charge is 0.240 e. The van der Waals surface area contributed by atoms with Crippen LogP contribution in [0.25, 0.3) is 0 Å². The number of rotatable bonds is 4.